The Morgan fingerprint density at radius 1 is 0.531 bits per heavy atom. The molecule has 0 radical (unpaired) electrons. The summed E-state index contributed by atoms with van der Waals surface area (Å²) >= 11 is 0. The molecule has 0 saturated carbocycles. The molecule has 9 rings (SSSR count). The van der Waals surface area contributed by atoms with Gasteiger partial charge < -0.3 is 9.55 Å². The molecule has 1 N–H and O–H groups in total. The molecule has 3 heterocycles. The molecular formula is C45H34N4. The van der Waals surface area contributed by atoms with Gasteiger partial charge >= 0.3 is 0 Å². The van der Waals surface area contributed by atoms with Gasteiger partial charge in [-0.1, -0.05) is 103 Å². The maximum absolute atomic E-state index is 5.49. The number of para-hydroxylation sites is 3. The molecule has 3 aromatic heterocycles. The Balaban J connectivity index is 1.27. The van der Waals surface area contributed by atoms with Crippen molar-refractivity contribution in [1.29, 1.82) is 0 Å². The van der Waals surface area contributed by atoms with Crippen LogP contribution in [-0.4, -0.2) is 19.5 Å². The number of nitrogens with zero attached hydrogens (tertiary/aromatic N) is 3. The molecule has 0 spiro atoms. The second-order valence-electron chi connectivity index (χ2n) is 12.9. The predicted octanol–water partition coefficient (Wildman–Crippen LogP) is 12.0. The Kier molecular flexibility index (Phi) is 6.94. The fourth-order valence-corrected chi connectivity index (χ4v) is 7.25. The second kappa shape index (κ2) is 11.8. The highest BCUT2D eigenvalue weighted by Gasteiger charge is 2.21. The van der Waals surface area contributed by atoms with Crippen LogP contribution in [-0.2, 0) is 0 Å². The molecule has 0 bridgehead atoms. The van der Waals surface area contributed by atoms with Gasteiger partial charge in [-0.3, -0.25) is 4.98 Å². The summed E-state index contributed by atoms with van der Waals surface area (Å²) in [6.07, 6.45) is 1.91. The van der Waals surface area contributed by atoms with E-state index in [1.807, 2.05) is 6.20 Å². The van der Waals surface area contributed by atoms with Crippen LogP contribution < -0.4 is 0 Å². The quantitative estimate of drug-likeness (QED) is 0.199. The van der Waals surface area contributed by atoms with Crippen molar-refractivity contribution in [2.75, 3.05) is 0 Å². The molecule has 0 atom stereocenters. The van der Waals surface area contributed by atoms with E-state index in [0.29, 0.717) is 0 Å². The van der Waals surface area contributed by atoms with Crippen LogP contribution in [0.5, 0.6) is 0 Å². The molecule has 234 valence electrons. The highest BCUT2D eigenvalue weighted by atomic mass is 15.1. The van der Waals surface area contributed by atoms with Crippen LogP contribution in [0.25, 0.3) is 88.9 Å². The van der Waals surface area contributed by atoms with E-state index in [-0.39, 0.29) is 6.04 Å². The second-order valence-corrected chi connectivity index (χ2v) is 12.9. The lowest BCUT2D eigenvalue weighted by molar-refractivity contribution is 0.624. The summed E-state index contributed by atoms with van der Waals surface area (Å²) in [5.41, 5.74) is 14.3. The first-order valence-corrected chi connectivity index (χ1v) is 16.9. The zero-order valence-corrected chi connectivity index (χ0v) is 27.4. The number of fused-ring (bicyclic) bond motifs is 4. The summed E-state index contributed by atoms with van der Waals surface area (Å²) in [5, 5.41) is 2.43. The van der Waals surface area contributed by atoms with Crippen molar-refractivity contribution in [2.24, 2.45) is 0 Å². The van der Waals surface area contributed by atoms with Gasteiger partial charge in [0.05, 0.1) is 22.2 Å². The Morgan fingerprint density at radius 3 is 1.98 bits per heavy atom. The van der Waals surface area contributed by atoms with Gasteiger partial charge in [0.2, 0.25) is 0 Å². The third kappa shape index (κ3) is 5.01. The van der Waals surface area contributed by atoms with E-state index < -0.39 is 0 Å². The van der Waals surface area contributed by atoms with Gasteiger partial charge in [-0.2, -0.15) is 0 Å². The lowest BCUT2D eigenvalue weighted by Gasteiger charge is -2.14. The number of hydrogen-bond donors (Lipinski definition) is 1. The zero-order chi connectivity index (χ0) is 32.9. The van der Waals surface area contributed by atoms with Gasteiger partial charge in [0.1, 0.15) is 5.82 Å². The summed E-state index contributed by atoms with van der Waals surface area (Å²) in [7, 11) is 0. The van der Waals surface area contributed by atoms with E-state index in [1.54, 1.807) is 0 Å². The van der Waals surface area contributed by atoms with Crippen LogP contribution >= 0.6 is 0 Å². The Morgan fingerprint density at radius 2 is 1.18 bits per heavy atom. The van der Waals surface area contributed by atoms with E-state index in [9.17, 15) is 0 Å². The molecule has 49 heavy (non-hydrogen) atoms. The van der Waals surface area contributed by atoms with E-state index in [4.69, 9.17) is 9.97 Å². The molecule has 0 aliphatic rings. The molecule has 9 aromatic rings. The number of rotatable bonds is 6. The number of hydrogen-bond acceptors (Lipinski definition) is 2. The molecule has 4 heteroatoms. The SMILES string of the molecule is CC(C)n1c(-c2cccc3c2[nH]c2ccccc23)nc2c(-c3cc(-c4ccccc4)cc(-c4cc(-c5ccccc5)ccn4)c3)cccc21. The smallest absolute Gasteiger partial charge is 0.143 e. The molecule has 0 amide bonds. The molecule has 4 nitrogen and oxygen atoms in total. The highest BCUT2D eigenvalue weighted by molar-refractivity contribution is 6.12. The molecule has 0 aliphatic heterocycles. The van der Waals surface area contributed by atoms with Gasteiger partial charge in [-0.05, 0) is 90.2 Å². The fourth-order valence-electron chi connectivity index (χ4n) is 7.25. The number of nitrogens with one attached hydrogen (secondary N) is 1. The minimum absolute atomic E-state index is 0.200. The summed E-state index contributed by atoms with van der Waals surface area (Å²) < 4.78 is 2.38. The maximum Gasteiger partial charge on any atom is 0.143 e. The third-order valence-corrected chi connectivity index (χ3v) is 9.53. The van der Waals surface area contributed by atoms with Crippen molar-refractivity contribution in [1.82, 2.24) is 19.5 Å². The third-order valence-electron chi connectivity index (χ3n) is 9.53. The lowest BCUT2D eigenvalue weighted by Crippen LogP contribution is -2.03. The molecule has 0 saturated heterocycles. The summed E-state index contributed by atoms with van der Waals surface area (Å²) in [6, 6.07) is 54.0. The lowest BCUT2D eigenvalue weighted by atomic mass is 9.93. The van der Waals surface area contributed by atoms with Crippen LogP contribution in [0.2, 0.25) is 0 Å². The molecule has 0 aliphatic carbocycles. The molecular weight excluding hydrogens is 597 g/mol. The Hall–Kier alpha value is -6.26. The number of aromatic amines is 1. The van der Waals surface area contributed by atoms with Crippen molar-refractivity contribution >= 4 is 32.8 Å². The van der Waals surface area contributed by atoms with Gasteiger partial charge in [0, 0.05) is 45.2 Å². The average molecular weight is 631 g/mol. The van der Waals surface area contributed by atoms with Crippen LogP contribution in [0, 0.1) is 0 Å². The van der Waals surface area contributed by atoms with Crippen molar-refractivity contribution in [3.63, 3.8) is 0 Å². The summed E-state index contributed by atoms with van der Waals surface area (Å²) in [6.45, 7) is 4.48. The normalized spacial score (nSPS) is 11.7. The number of imidazole rings is 1. The van der Waals surface area contributed by atoms with E-state index in [0.717, 1.165) is 72.5 Å². The summed E-state index contributed by atoms with van der Waals surface area (Å²) in [5.74, 6) is 0.964. The molecule has 0 unspecified atom stereocenters. The number of pyridine rings is 1. The monoisotopic (exact) mass is 630 g/mol. The first-order valence-electron chi connectivity index (χ1n) is 16.9. The first-order chi connectivity index (χ1) is 24.1. The Bertz CT molecular complexity index is 2630. The zero-order valence-electron chi connectivity index (χ0n) is 27.4. The largest absolute Gasteiger partial charge is 0.354 e. The maximum atomic E-state index is 5.49. The van der Waals surface area contributed by atoms with Crippen molar-refractivity contribution < 1.29 is 0 Å². The minimum Gasteiger partial charge on any atom is -0.354 e. The van der Waals surface area contributed by atoms with Gasteiger partial charge in [-0.25, -0.2) is 4.98 Å². The van der Waals surface area contributed by atoms with Gasteiger partial charge in [0.15, 0.2) is 0 Å². The van der Waals surface area contributed by atoms with Crippen molar-refractivity contribution in [3.8, 4) is 56.0 Å². The fraction of sp³-hybridized carbons (Fsp3) is 0.0667. The van der Waals surface area contributed by atoms with E-state index >= 15 is 0 Å². The average Bonchev–Trinajstić information content (AvgIpc) is 3.75. The van der Waals surface area contributed by atoms with E-state index in [1.165, 1.54) is 16.3 Å². The van der Waals surface area contributed by atoms with E-state index in [2.05, 4.69) is 175 Å². The van der Waals surface area contributed by atoms with Crippen molar-refractivity contribution in [2.45, 2.75) is 19.9 Å². The number of benzene rings is 6. The number of aromatic nitrogens is 4. The van der Waals surface area contributed by atoms with Crippen molar-refractivity contribution in [3.05, 3.63) is 158 Å². The minimum atomic E-state index is 0.200. The van der Waals surface area contributed by atoms with Crippen LogP contribution in [0.15, 0.2) is 158 Å². The van der Waals surface area contributed by atoms with Gasteiger partial charge in [-0.15, -0.1) is 0 Å². The number of H-pyrrole nitrogens is 1. The molecule has 0 fully saturated rings. The topological polar surface area (TPSA) is 46.5 Å². The van der Waals surface area contributed by atoms with Crippen LogP contribution in [0.3, 0.4) is 0 Å². The Labute approximate surface area is 285 Å². The highest BCUT2D eigenvalue weighted by Crippen LogP contribution is 2.40. The first kappa shape index (κ1) is 28.9. The van der Waals surface area contributed by atoms with Crippen LogP contribution in [0.1, 0.15) is 19.9 Å². The molecule has 6 aromatic carbocycles. The summed E-state index contributed by atoms with van der Waals surface area (Å²) in [4.78, 5) is 14.1. The standard InChI is InChI=1S/C45H34N4/c1-29(2)49-42-22-12-18-36(44(42)48-45(49)39-20-11-19-38-37-17-9-10-21-40(37)47-43(38)39)34-25-33(31-15-7-4-8-16-31)26-35(27-34)41-28-32(23-24-46-41)30-13-5-3-6-14-30/h3-29,47H,1-2H3. The van der Waals surface area contributed by atoms with Crippen LogP contribution in [0.4, 0.5) is 0 Å². The predicted molar refractivity (Wildman–Crippen MR) is 204 cm³/mol. The van der Waals surface area contributed by atoms with Gasteiger partial charge in [0.25, 0.3) is 0 Å².